The van der Waals surface area contributed by atoms with E-state index in [1.807, 2.05) is 81.6 Å². The van der Waals surface area contributed by atoms with Gasteiger partial charge in [0.25, 0.3) is 10.0 Å². The fraction of sp³-hybridized carbons (Fsp3) is 0.297. The van der Waals surface area contributed by atoms with Crippen molar-refractivity contribution in [2.45, 2.75) is 62.0 Å². The van der Waals surface area contributed by atoms with Crippen LogP contribution < -0.4 is 14.4 Å². The van der Waals surface area contributed by atoms with Gasteiger partial charge in [-0.3, -0.25) is 13.9 Å². The molecule has 4 rings (SSSR count). The summed E-state index contributed by atoms with van der Waals surface area (Å²) in [6.07, 6.45) is 2.86. The van der Waals surface area contributed by atoms with Gasteiger partial charge in [0, 0.05) is 28.4 Å². The minimum atomic E-state index is -4.27. The van der Waals surface area contributed by atoms with Gasteiger partial charge in [0.15, 0.2) is 0 Å². The van der Waals surface area contributed by atoms with Crippen LogP contribution >= 0.6 is 27.7 Å². The summed E-state index contributed by atoms with van der Waals surface area (Å²) < 4.78 is 36.6. The molecule has 1 N–H and O–H groups in total. The molecular weight excluding hydrogens is 710 g/mol. The highest BCUT2D eigenvalue weighted by molar-refractivity contribution is 9.10. The van der Waals surface area contributed by atoms with E-state index in [-0.39, 0.29) is 35.5 Å². The van der Waals surface area contributed by atoms with E-state index in [0.717, 1.165) is 24.8 Å². The number of nitrogens with one attached hydrogen (secondary N) is 1. The van der Waals surface area contributed by atoms with Gasteiger partial charge >= 0.3 is 0 Å². The lowest BCUT2D eigenvalue weighted by Crippen LogP contribution is -2.54. The molecule has 4 aromatic carbocycles. The zero-order valence-corrected chi connectivity index (χ0v) is 30.9. The average Bonchev–Trinajstić information content (AvgIpc) is 3.09. The summed E-state index contributed by atoms with van der Waals surface area (Å²) in [4.78, 5) is 31.2. The minimum Gasteiger partial charge on any atom is -0.492 e. The first-order valence-electron chi connectivity index (χ1n) is 15.8. The minimum absolute atomic E-state index is 0.0355. The van der Waals surface area contributed by atoms with E-state index in [2.05, 4.69) is 21.2 Å². The third-order valence-electron chi connectivity index (χ3n) is 7.87. The number of ether oxygens (including phenoxy) is 1. The van der Waals surface area contributed by atoms with Gasteiger partial charge in [-0.2, -0.15) is 0 Å². The highest BCUT2D eigenvalue weighted by Gasteiger charge is 2.36. The molecule has 0 aliphatic rings. The second-order valence-electron chi connectivity index (χ2n) is 11.3. The molecule has 0 unspecified atom stereocenters. The first kappa shape index (κ1) is 37.0. The third kappa shape index (κ3) is 9.64. The molecule has 0 fully saturated rings. The van der Waals surface area contributed by atoms with Crippen LogP contribution in [-0.4, -0.2) is 56.6 Å². The number of hydrogen-bond acceptors (Lipinski definition) is 6. The second-order valence-corrected chi connectivity index (χ2v) is 14.9. The molecule has 0 saturated carbocycles. The Balaban J connectivity index is 1.85. The molecule has 0 aromatic heterocycles. The Bertz CT molecular complexity index is 1770. The van der Waals surface area contributed by atoms with Crippen LogP contribution in [0.3, 0.4) is 0 Å². The number of amides is 2. The van der Waals surface area contributed by atoms with Gasteiger partial charge in [-0.1, -0.05) is 77.5 Å². The zero-order valence-electron chi connectivity index (χ0n) is 27.6. The summed E-state index contributed by atoms with van der Waals surface area (Å²) in [6, 6.07) is 29.3. The fourth-order valence-electron chi connectivity index (χ4n) is 5.16. The van der Waals surface area contributed by atoms with Crippen LogP contribution in [0.1, 0.15) is 38.3 Å². The summed E-state index contributed by atoms with van der Waals surface area (Å²) >= 11 is 5.02. The number of halogens is 1. The van der Waals surface area contributed by atoms with Gasteiger partial charge in [-0.15, -0.1) is 11.8 Å². The Kier molecular flexibility index (Phi) is 13.5. The van der Waals surface area contributed by atoms with Crippen LogP contribution in [0.5, 0.6) is 5.75 Å². The Labute approximate surface area is 297 Å². The molecule has 0 bridgehead atoms. The highest BCUT2D eigenvalue weighted by Crippen LogP contribution is 2.33. The quantitative estimate of drug-likeness (QED) is 0.121. The summed E-state index contributed by atoms with van der Waals surface area (Å²) in [5, 5.41) is 3.06. The molecule has 0 spiro atoms. The van der Waals surface area contributed by atoms with Crippen LogP contribution in [0.15, 0.2) is 117 Å². The van der Waals surface area contributed by atoms with E-state index >= 15 is 0 Å². The third-order valence-corrected chi connectivity index (χ3v) is 10.9. The topological polar surface area (TPSA) is 96.0 Å². The molecule has 0 aliphatic carbocycles. The Morgan fingerprint density at radius 2 is 1.56 bits per heavy atom. The average molecular weight is 753 g/mol. The monoisotopic (exact) mass is 751 g/mol. The van der Waals surface area contributed by atoms with Crippen molar-refractivity contribution < 1.29 is 22.7 Å². The van der Waals surface area contributed by atoms with Crippen molar-refractivity contribution in [2.75, 3.05) is 23.7 Å². The van der Waals surface area contributed by atoms with Gasteiger partial charge in [0.05, 0.1) is 17.2 Å². The van der Waals surface area contributed by atoms with Crippen molar-refractivity contribution in [2.24, 2.45) is 0 Å². The molecule has 4 aromatic rings. The number of carbonyl (C=O) groups is 2. The van der Waals surface area contributed by atoms with Crippen LogP contribution in [0.4, 0.5) is 5.69 Å². The lowest BCUT2D eigenvalue weighted by molar-refractivity contribution is -0.140. The van der Waals surface area contributed by atoms with Crippen molar-refractivity contribution in [1.82, 2.24) is 10.2 Å². The molecule has 11 heteroatoms. The van der Waals surface area contributed by atoms with Crippen molar-refractivity contribution in [3.63, 3.8) is 0 Å². The van der Waals surface area contributed by atoms with Crippen molar-refractivity contribution in [3.8, 4) is 5.75 Å². The lowest BCUT2D eigenvalue weighted by atomic mass is 10.0. The maximum atomic E-state index is 14.7. The van der Waals surface area contributed by atoms with Crippen LogP contribution in [0, 0.1) is 0 Å². The first-order chi connectivity index (χ1) is 23.1. The van der Waals surface area contributed by atoms with Gasteiger partial charge in [-0.05, 0) is 86.2 Å². The highest BCUT2D eigenvalue weighted by atomic mass is 79.9. The van der Waals surface area contributed by atoms with Gasteiger partial charge in [-0.25, -0.2) is 8.42 Å². The number of nitrogens with zero attached hydrogens (tertiary/aromatic N) is 2. The fourth-order valence-corrected chi connectivity index (χ4v) is 7.44. The Hall–Kier alpha value is -3.80. The predicted molar refractivity (Wildman–Crippen MR) is 197 cm³/mol. The number of rotatable bonds is 16. The summed E-state index contributed by atoms with van der Waals surface area (Å²) in [7, 11) is -4.27. The Morgan fingerprint density at radius 3 is 2.21 bits per heavy atom. The van der Waals surface area contributed by atoms with E-state index in [4.69, 9.17) is 4.74 Å². The summed E-state index contributed by atoms with van der Waals surface area (Å²) in [5.74, 6) is -0.523. The zero-order chi connectivity index (χ0) is 34.7. The van der Waals surface area contributed by atoms with Gasteiger partial charge in [0.1, 0.15) is 18.3 Å². The molecule has 48 heavy (non-hydrogen) atoms. The summed E-state index contributed by atoms with van der Waals surface area (Å²) in [6.45, 7) is 5.52. The maximum absolute atomic E-state index is 14.7. The van der Waals surface area contributed by atoms with Gasteiger partial charge < -0.3 is 15.0 Å². The summed E-state index contributed by atoms with van der Waals surface area (Å²) in [5.41, 5.74) is 1.88. The normalized spacial score (nSPS) is 12.5. The molecule has 0 aliphatic heterocycles. The standard InChI is InChI=1S/C37H42BrN3O5S2/c1-5-27(3)39-37(43)34(24-28-13-8-7-9-14-28)40(25-29-15-12-16-30(38)23-29)36(42)26-41(33-17-10-11-18-35(33)46-6-2)48(44,45)32-21-19-31(47-4)20-22-32/h7-23,27,34H,5-6,24-26H2,1-4H3,(H,39,43)/t27-,34+/m1/s1. The van der Waals surface area contributed by atoms with Crippen molar-refractivity contribution >= 4 is 55.2 Å². The van der Waals surface area contributed by atoms with E-state index in [1.165, 1.54) is 16.7 Å². The molecule has 0 heterocycles. The molecular formula is C37H42BrN3O5S2. The van der Waals surface area contributed by atoms with Crippen LogP contribution in [0.2, 0.25) is 0 Å². The van der Waals surface area contributed by atoms with Crippen LogP contribution in [-0.2, 0) is 32.6 Å². The maximum Gasteiger partial charge on any atom is 0.264 e. The SMILES string of the molecule is CCOc1ccccc1N(CC(=O)N(Cc1cccc(Br)c1)[C@@H](Cc1ccccc1)C(=O)N[C@H](C)CC)S(=O)(=O)c1ccc(SC)cc1. The largest absolute Gasteiger partial charge is 0.492 e. The van der Waals surface area contributed by atoms with E-state index in [1.54, 1.807) is 48.5 Å². The number of hydrogen-bond donors (Lipinski definition) is 1. The van der Waals surface area contributed by atoms with Crippen molar-refractivity contribution in [3.05, 3.63) is 119 Å². The number of benzene rings is 4. The molecule has 254 valence electrons. The van der Waals surface area contributed by atoms with E-state index in [9.17, 15) is 18.0 Å². The predicted octanol–water partition coefficient (Wildman–Crippen LogP) is 7.32. The molecule has 2 amide bonds. The number of sulfonamides is 1. The first-order valence-corrected chi connectivity index (χ1v) is 19.3. The Morgan fingerprint density at radius 1 is 0.896 bits per heavy atom. The molecule has 0 saturated heterocycles. The van der Waals surface area contributed by atoms with Gasteiger partial charge in [0.2, 0.25) is 11.8 Å². The van der Waals surface area contributed by atoms with E-state index in [0.29, 0.717) is 18.8 Å². The molecule has 2 atom stereocenters. The second kappa shape index (κ2) is 17.6. The smallest absolute Gasteiger partial charge is 0.264 e. The van der Waals surface area contributed by atoms with E-state index < -0.39 is 28.5 Å². The molecule has 0 radical (unpaired) electrons. The molecule has 8 nitrogen and oxygen atoms in total. The van der Waals surface area contributed by atoms with Crippen LogP contribution in [0.25, 0.3) is 0 Å². The van der Waals surface area contributed by atoms with Crippen molar-refractivity contribution in [1.29, 1.82) is 0 Å². The number of para-hydroxylation sites is 2. The number of thioether (sulfide) groups is 1. The lowest BCUT2D eigenvalue weighted by Gasteiger charge is -2.34. The number of anilines is 1. The number of carbonyl (C=O) groups excluding carboxylic acids is 2.